The number of nitrogens with zero attached hydrogens (tertiary/aromatic N) is 1. The van der Waals surface area contributed by atoms with Crippen molar-refractivity contribution < 1.29 is 0 Å². The highest BCUT2D eigenvalue weighted by Crippen LogP contribution is 2.17. The Labute approximate surface area is 130 Å². The van der Waals surface area contributed by atoms with Crippen LogP contribution >= 0.6 is 0 Å². The van der Waals surface area contributed by atoms with Crippen LogP contribution in [-0.2, 0) is 6.54 Å². The molecule has 1 aliphatic rings. The molecule has 1 heterocycles. The number of rotatable bonds is 6. The third kappa shape index (κ3) is 5.12. The second-order valence-corrected chi connectivity index (χ2v) is 7.07. The first-order chi connectivity index (χ1) is 10.1. The number of hydrogen-bond acceptors (Lipinski definition) is 2. The van der Waals surface area contributed by atoms with Crippen LogP contribution in [0.25, 0.3) is 0 Å². The molecule has 1 aromatic carbocycles. The zero-order chi connectivity index (χ0) is 15.2. The van der Waals surface area contributed by atoms with Gasteiger partial charge in [-0.05, 0) is 50.3 Å². The molecule has 1 atom stereocenters. The van der Waals surface area contributed by atoms with Crippen molar-refractivity contribution in [2.24, 2.45) is 0 Å². The van der Waals surface area contributed by atoms with Gasteiger partial charge in [0.25, 0.3) is 0 Å². The maximum Gasteiger partial charge on any atom is 0.0237 e. The van der Waals surface area contributed by atoms with E-state index in [0.717, 1.165) is 6.54 Å². The van der Waals surface area contributed by atoms with Crippen molar-refractivity contribution in [1.29, 1.82) is 0 Å². The number of benzene rings is 1. The second kappa shape index (κ2) is 7.95. The van der Waals surface area contributed by atoms with E-state index in [9.17, 15) is 0 Å². The van der Waals surface area contributed by atoms with Crippen LogP contribution in [-0.4, -0.2) is 30.1 Å². The smallest absolute Gasteiger partial charge is 0.0237 e. The number of piperidine rings is 1. The van der Waals surface area contributed by atoms with Crippen LogP contribution in [0.5, 0.6) is 0 Å². The first-order valence-corrected chi connectivity index (χ1v) is 8.62. The molecular weight excluding hydrogens is 256 g/mol. The van der Waals surface area contributed by atoms with Crippen molar-refractivity contribution in [2.45, 2.75) is 71.5 Å². The van der Waals surface area contributed by atoms with Crippen LogP contribution in [0.3, 0.4) is 0 Å². The van der Waals surface area contributed by atoms with Gasteiger partial charge in [0.2, 0.25) is 0 Å². The minimum absolute atomic E-state index is 0.596. The van der Waals surface area contributed by atoms with Crippen LogP contribution in [0.4, 0.5) is 0 Å². The number of hydrogen-bond donors (Lipinski definition) is 1. The van der Waals surface area contributed by atoms with Crippen LogP contribution in [0, 0.1) is 0 Å². The summed E-state index contributed by atoms with van der Waals surface area (Å²) in [5, 5.41) is 3.67. The predicted octanol–water partition coefficient (Wildman–Crippen LogP) is 4.16. The Kier molecular flexibility index (Phi) is 6.25. The van der Waals surface area contributed by atoms with Gasteiger partial charge in [0.05, 0.1) is 0 Å². The van der Waals surface area contributed by atoms with Gasteiger partial charge in [-0.25, -0.2) is 0 Å². The van der Waals surface area contributed by atoms with Crippen molar-refractivity contribution in [3.63, 3.8) is 0 Å². The highest BCUT2D eigenvalue weighted by Gasteiger charge is 2.18. The molecule has 1 saturated heterocycles. The maximum absolute atomic E-state index is 3.67. The lowest BCUT2D eigenvalue weighted by Gasteiger charge is -2.33. The van der Waals surface area contributed by atoms with E-state index in [1.54, 1.807) is 0 Å². The Morgan fingerprint density at radius 3 is 2.33 bits per heavy atom. The topological polar surface area (TPSA) is 15.3 Å². The van der Waals surface area contributed by atoms with E-state index < -0.39 is 0 Å². The van der Waals surface area contributed by atoms with Crippen LogP contribution in [0.1, 0.15) is 64.0 Å². The molecular formula is C19H32N2. The molecule has 1 fully saturated rings. The summed E-state index contributed by atoms with van der Waals surface area (Å²) in [4.78, 5) is 2.60. The SMILES string of the molecule is CC(C)c1ccc(CN(CC2CCCCN2)C(C)C)cc1. The molecule has 0 amide bonds. The lowest BCUT2D eigenvalue weighted by molar-refractivity contribution is 0.177. The zero-order valence-electron chi connectivity index (χ0n) is 14.2. The van der Waals surface area contributed by atoms with E-state index in [-0.39, 0.29) is 0 Å². The van der Waals surface area contributed by atoms with Crippen molar-refractivity contribution >= 4 is 0 Å². The molecule has 0 aliphatic carbocycles. The normalized spacial score (nSPS) is 19.7. The van der Waals surface area contributed by atoms with Crippen molar-refractivity contribution in [1.82, 2.24) is 10.2 Å². The van der Waals surface area contributed by atoms with Gasteiger partial charge in [-0.2, -0.15) is 0 Å². The molecule has 21 heavy (non-hydrogen) atoms. The quantitative estimate of drug-likeness (QED) is 0.845. The maximum atomic E-state index is 3.67. The molecule has 0 saturated carbocycles. The van der Waals surface area contributed by atoms with Gasteiger partial charge in [0, 0.05) is 25.2 Å². The molecule has 118 valence electrons. The summed E-state index contributed by atoms with van der Waals surface area (Å²) < 4.78 is 0. The summed E-state index contributed by atoms with van der Waals surface area (Å²) in [7, 11) is 0. The van der Waals surface area contributed by atoms with E-state index >= 15 is 0 Å². The summed E-state index contributed by atoms with van der Waals surface area (Å²) in [5.41, 5.74) is 2.87. The molecule has 0 radical (unpaired) electrons. The molecule has 0 aromatic heterocycles. The highest BCUT2D eigenvalue weighted by molar-refractivity contribution is 5.24. The van der Waals surface area contributed by atoms with Crippen LogP contribution < -0.4 is 5.32 Å². The molecule has 2 heteroatoms. The summed E-state index contributed by atoms with van der Waals surface area (Å²) in [6.07, 6.45) is 4.05. The Balaban J connectivity index is 1.95. The standard InChI is InChI=1S/C19H32N2/c1-15(2)18-10-8-17(9-11-18)13-21(16(3)4)14-19-7-5-6-12-20-19/h8-11,15-16,19-20H,5-7,12-14H2,1-4H3. The molecule has 0 spiro atoms. The Morgan fingerprint density at radius 2 is 1.81 bits per heavy atom. The van der Waals surface area contributed by atoms with Crippen molar-refractivity contribution in [3.05, 3.63) is 35.4 Å². The van der Waals surface area contributed by atoms with E-state index in [0.29, 0.717) is 18.0 Å². The van der Waals surface area contributed by atoms with E-state index in [4.69, 9.17) is 0 Å². The largest absolute Gasteiger partial charge is 0.313 e. The Bertz CT molecular complexity index is 402. The van der Waals surface area contributed by atoms with E-state index in [1.165, 1.54) is 43.5 Å². The van der Waals surface area contributed by atoms with Crippen LogP contribution in [0.15, 0.2) is 24.3 Å². The van der Waals surface area contributed by atoms with Gasteiger partial charge in [0.1, 0.15) is 0 Å². The third-order valence-electron chi connectivity index (χ3n) is 4.63. The molecule has 0 bridgehead atoms. The minimum atomic E-state index is 0.596. The monoisotopic (exact) mass is 288 g/mol. The molecule has 1 N–H and O–H groups in total. The predicted molar refractivity (Wildman–Crippen MR) is 91.7 cm³/mol. The van der Waals surface area contributed by atoms with E-state index in [1.807, 2.05) is 0 Å². The van der Waals surface area contributed by atoms with Gasteiger partial charge in [-0.3, -0.25) is 4.90 Å². The van der Waals surface area contributed by atoms with Gasteiger partial charge in [-0.1, -0.05) is 44.5 Å². The fourth-order valence-corrected chi connectivity index (χ4v) is 3.06. The average Bonchev–Trinajstić information content (AvgIpc) is 2.48. The zero-order valence-corrected chi connectivity index (χ0v) is 14.2. The lowest BCUT2D eigenvalue weighted by atomic mass is 10.0. The first kappa shape index (κ1) is 16.5. The second-order valence-electron chi connectivity index (χ2n) is 7.07. The lowest BCUT2D eigenvalue weighted by Crippen LogP contribution is -2.45. The summed E-state index contributed by atoms with van der Waals surface area (Å²) in [5.74, 6) is 0.617. The molecule has 2 nitrogen and oxygen atoms in total. The van der Waals surface area contributed by atoms with E-state index in [2.05, 4.69) is 62.2 Å². The van der Waals surface area contributed by atoms with Crippen LogP contribution in [0.2, 0.25) is 0 Å². The fourth-order valence-electron chi connectivity index (χ4n) is 3.06. The van der Waals surface area contributed by atoms with Gasteiger partial charge in [0.15, 0.2) is 0 Å². The Hall–Kier alpha value is -0.860. The average molecular weight is 288 g/mol. The Morgan fingerprint density at radius 1 is 1.10 bits per heavy atom. The third-order valence-corrected chi connectivity index (χ3v) is 4.63. The van der Waals surface area contributed by atoms with Gasteiger partial charge >= 0.3 is 0 Å². The first-order valence-electron chi connectivity index (χ1n) is 8.62. The van der Waals surface area contributed by atoms with Crippen molar-refractivity contribution in [3.8, 4) is 0 Å². The summed E-state index contributed by atoms with van der Waals surface area (Å²) in [6, 6.07) is 10.5. The molecule has 1 aromatic rings. The molecule has 2 rings (SSSR count). The summed E-state index contributed by atoms with van der Waals surface area (Å²) >= 11 is 0. The fraction of sp³-hybridized carbons (Fsp3) is 0.684. The van der Waals surface area contributed by atoms with Gasteiger partial charge < -0.3 is 5.32 Å². The molecule has 1 aliphatic heterocycles. The minimum Gasteiger partial charge on any atom is -0.313 e. The highest BCUT2D eigenvalue weighted by atomic mass is 15.2. The molecule has 1 unspecified atom stereocenters. The number of nitrogens with one attached hydrogen (secondary N) is 1. The van der Waals surface area contributed by atoms with Crippen molar-refractivity contribution in [2.75, 3.05) is 13.1 Å². The summed E-state index contributed by atoms with van der Waals surface area (Å²) in [6.45, 7) is 12.6. The van der Waals surface area contributed by atoms with Gasteiger partial charge in [-0.15, -0.1) is 0 Å².